The SMILES string of the molecule is CCOc1ccc(CN2CCN(Cc3ccc(C)o3)C(CCO)C2)cc1CO. The second kappa shape index (κ2) is 10.1. The third-order valence-electron chi connectivity index (χ3n) is 5.31. The third kappa shape index (κ3) is 5.35. The van der Waals surface area contributed by atoms with E-state index >= 15 is 0 Å². The number of hydrogen-bond acceptors (Lipinski definition) is 6. The molecule has 1 aliphatic heterocycles. The van der Waals surface area contributed by atoms with E-state index in [1.807, 2.05) is 38.1 Å². The number of rotatable bonds is 9. The number of aryl methyl sites for hydroxylation is 1. The van der Waals surface area contributed by atoms with Gasteiger partial charge in [-0.25, -0.2) is 0 Å². The minimum atomic E-state index is -0.0212. The Bertz CT molecular complexity index is 746. The van der Waals surface area contributed by atoms with Gasteiger partial charge in [0.2, 0.25) is 0 Å². The molecule has 1 atom stereocenters. The first-order valence-electron chi connectivity index (χ1n) is 10.1. The molecule has 0 spiro atoms. The van der Waals surface area contributed by atoms with E-state index in [0.717, 1.165) is 62.0 Å². The van der Waals surface area contributed by atoms with Crippen LogP contribution in [0.2, 0.25) is 0 Å². The fourth-order valence-electron chi connectivity index (χ4n) is 3.91. The van der Waals surface area contributed by atoms with Gasteiger partial charge in [0.05, 0.1) is 19.8 Å². The second-order valence-electron chi connectivity index (χ2n) is 7.42. The summed E-state index contributed by atoms with van der Waals surface area (Å²) in [5, 5.41) is 19.1. The minimum Gasteiger partial charge on any atom is -0.494 e. The molecule has 1 fully saturated rings. The van der Waals surface area contributed by atoms with E-state index in [1.165, 1.54) is 5.56 Å². The molecule has 1 saturated heterocycles. The third-order valence-corrected chi connectivity index (χ3v) is 5.31. The van der Waals surface area contributed by atoms with Gasteiger partial charge in [0.1, 0.15) is 17.3 Å². The van der Waals surface area contributed by atoms with Gasteiger partial charge in [-0.2, -0.15) is 0 Å². The second-order valence-corrected chi connectivity index (χ2v) is 7.42. The number of aliphatic hydroxyl groups is 2. The van der Waals surface area contributed by atoms with Crippen LogP contribution in [0.4, 0.5) is 0 Å². The zero-order chi connectivity index (χ0) is 19.9. The highest BCUT2D eigenvalue weighted by molar-refractivity contribution is 5.37. The van der Waals surface area contributed by atoms with Crippen LogP contribution < -0.4 is 4.74 Å². The molecule has 1 aliphatic rings. The molecule has 6 nitrogen and oxygen atoms in total. The summed E-state index contributed by atoms with van der Waals surface area (Å²) in [7, 11) is 0. The first-order chi connectivity index (χ1) is 13.6. The van der Waals surface area contributed by atoms with E-state index in [-0.39, 0.29) is 13.2 Å². The van der Waals surface area contributed by atoms with Gasteiger partial charge >= 0.3 is 0 Å². The summed E-state index contributed by atoms with van der Waals surface area (Å²) in [5.41, 5.74) is 2.00. The normalized spacial score (nSPS) is 18.5. The molecule has 1 aromatic carbocycles. The van der Waals surface area contributed by atoms with Gasteiger partial charge < -0.3 is 19.4 Å². The lowest BCUT2D eigenvalue weighted by molar-refractivity contribution is 0.0454. The molecule has 2 heterocycles. The fourth-order valence-corrected chi connectivity index (χ4v) is 3.91. The van der Waals surface area contributed by atoms with E-state index in [0.29, 0.717) is 12.6 Å². The topological polar surface area (TPSA) is 69.3 Å². The molecule has 0 bridgehead atoms. The monoisotopic (exact) mass is 388 g/mol. The first kappa shape index (κ1) is 20.9. The van der Waals surface area contributed by atoms with E-state index in [2.05, 4.69) is 15.9 Å². The molecule has 1 aromatic heterocycles. The Labute approximate surface area is 167 Å². The fraction of sp³-hybridized carbons (Fsp3) is 0.545. The molecule has 1 unspecified atom stereocenters. The summed E-state index contributed by atoms with van der Waals surface area (Å²) in [5.74, 6) is 2.67. The van der Waals surface area contributed by atoms with E-state index in [1.54, 1.807) is 0 Å². The van der Waals surface area contributed by atoms with E-state index in [4.69, 9.17) is 9.15 Å². The maximum absolute atomic E-state index is 9.63. The minimum absolute atomic E-state index is 0.0212. The summed E-state index contributed by atoms with van der Waals surface area (Å²) in [6.45, 7) is 9.07. The van der Waals surface area contributed by atoms with Crippen molar-refractivity contribution < 1.29 is 19.4 Å². The summed E-state index contributed by atoms with van der Waals surface area (Å²) in [6, 6.07) is 10.4. The van der Waals surface area contributed by atoms with Crippen LogP contribution in [0, 0.1) is 6.92 Å². The zero-order valence-corrected chi connectivity index (χ0v) is 16.9. The smallest absolute Gasteiger partial charge is 0.124 e. The molecule has 0 aliphatic carbocycles. The van der Waals surface area contributed by atoms with Crippen molar-refractivity contribution >= 4 is 0 Å². The number of ether oxygens (including phenoxy) is 1. The molecule has 154 valence electrons. The molecule has 6 heteroatoms. The van der Waals surface area contributed by atoms with Gasteiger partial charge in [-0.3, -0.25) is 9.80 Å². The van der Waals surface area contributed by atoms with Gasteiger partial charge in [0.15, 0.2) is 0 Å². The highest BCUT2D eigenvalue weighted by atomic mass is 16.5. The zero-order valence-electron chi connectivity index (χ0n) is 16.9. The van der Waals surface area contributed by atoms with Crippen molar-refractivity contribution in [2.45, 2.75) is 46.0 Å². The highest BCUT2D eigenvalue weighted by Gasteiger charge is 2.27. The molecule has 2 aromatic rings. The molecule has 0 saturated carbocycles. The van der Waals surface area contributed by atoms with Crippen molar-refractivity contribution in [3.8, 4) is 5.75 Å². The van der Waals surface area contributed by atoms with Crippen LogP contribution in [-0.4, -0.2) is 58.9 Å². The Morgan fingerprint density at radius 3 is 2.68 bits per heavy atom. The number of benzene rings is 1. The molecule has 3 rings (SSSR count). The number of hydrogen-bond donors (Lipinski definition) is 2. The molecule has 2 N–H and O–H groups in total. The summed E-state index contributed by atoms with van der Waals surface area (Å²) >= 11 is 0. The van der Waals surface area contributed by atoms with Gasteiger partial charge in [0, 0.05) is 44.4 Å². The number of nitrogens with zero attached hydrogens (tertiary/aromatic N) is 2. The van der Waals surface area contributed by atoms with Crippen molar-refractivity contribution in [2.24, 2.45) is 0 Å². The van der Waals surface area contributed by atoms with E-state index < -0.39 is 0 Å². The van der Waals surface area contributed by atoms with Crippen molar-refractivity contribution in [1.29, 1.82) is 0 Å². The lowest BCUT2D eigenvalue weighted by Gasteiger charge is -2.41. The van der Waals surface area contributed by atoms with Crippen LogP contribution in [0.3, 0.4) is 0 Å². The van der Waals surface area contributed by atoms with Crippen molar-refractivity contribution in [3.05, 3.63) is 53.0 Å². The van der Waals surface area contributed by atoms with Gasteiger partial charge in [-0.1, -0.05) is 6.07 Å². The summed E-state index contributed by atoms with van der Waals surface area (Å²) in [6.07, 6.45) is 0.751. The average molecular weight is 389 g/mol. The Balaban J connectivity index is 1.63. The summed E-state index contributed by atoms with van der Waals surface area (Å²) < 4.78 is 11.3. The predicted molar refractivity (Wildman–Crippen MR) is 108 cm³/mol. The van der Waals surface area contributed by atoms with Gasteiger partial charge in [-0.15, -0.1) is 0 Å². The number of furan rings is 1. The molecule has 0 radical (unpaired) electrons. The molecule has 28 heavy (non-hydrogen) atoms. The number of piperazine rings is 1. The molecule has 0 amide bonds. The van der Waals surface area contributed by atoms with Crippen LogP contribution in [0.5, 0.6) is 5.75 Å². The quantitative estimate of drug-likeness (QED) is 0.688. The van der Waals surface area contributed by atoms with Crippen LogP contribution in [0.25, 0.3) is 0 Å². The van der Waals surface area contributed by atoms with Gasteiger partial charge in [0.25, 0.3) is 0 Å². The van der Waals surface area contributed by atoms with Crippen LogP contribution in [0.1, 0.15) is 36.0 Å². The standard InChI is InChI=1S/C22H32N2O4/c1-3-27-22-7-5-18(12-19(22)16-26)13-23-9-10-24(20(14-23)8-11-25)15-21-6-4-17(2)28-21/h4-7,12,20,25-26H,3,8-11,13-16H2,1-2H3. The maximum atomic E-state index is 9.63. The Morgan fingerprint density at radius 2 is 2.00 bits per heavy atom. The highest BCUT2D eigenvalue weighted by Crippen LogP contribution is 2.23. The lowest BCUT2D eigenvalue weighted by atomic mass is 10.1. The van der Waals surface area contributed by atoms with Crippen LogP contribution in [-0.2, 0) is 19.7 Å². The predicted octanol–water partition coefficient (Wildman–Crippen LogP) is 2.55. The Hall–Kier alpha value is -1.86. The Morgan fingerprint density at radius 1 is 1.14 bits per heavy atom. The summed E-state index contributed by atoms with van der Waals surface area (Å²) in [4.78, 5) is 4.82. The first-order valence-corrected chi connectivity index (χ1v) is 10.1. The largest absolute Gasteiger partial charge is 0.494 e. The molecular weight excluding hydrogens is 356 g/mol. The average Bonchev–Trinajstić information content (AvgIpc) is 3.10. The van der Waals surface area contributed by atoms with Crippen molar-refractivity contribution in [1.82, 2.24) is 9.80 Å². The van der Waals surface area contributed by atoms with Crippen LogP contribution >= 0.6 is 0 Å². The maximum Gasteiger partial charge on any atom is 0.124 e. The van der Waals surface area contributed by atoms with Gasteiger partial charge in [-0.05, 0) is 50.1 Å². The number of aliphatic hydroxyl groups excluding tert-OH is 2. The molecular formula is C22H32N2O4. The Kier molecular flexibility index (Phi) is 7.50. The van der Waals surface area contributed by atoms with E-state index in [9.17, 15) is 10.2 Å². The van der Waals surface area contributed by atoms with Crippen molar-refractivity contribution in [3.63, 3.8) is 0 Å². The lowest BCUT2D eigenvalue weighted by Crippen LogP contribution is -2.52. The van der Waals surface area contributed by atoms with Crippen LogP contribution in [0.15, 0.2) is 34.7 Å². The van der Waals surface area contributed by atoms with Crippen molar-refractivity contribution in [2.75, 3.05) is 32.8 Å².